The van der Waals surface area contributed by atoms with Crippen LogP contribution in [0.15, 0.2) is 42.5 Å². The molecule has 0 saturated heterocycles. The zero-order chi connectivity index (χ0) is 18.2. The number of carbonyl (C=O) groups excluding carboxylic acids is 1. The van der Waals surface area contributed by atoms with Crippen molar-refractivity contribution in [2.24, 2.45) is 0 Å². The summed E-state index contributed by atoms with van der Waals surface area (Å²) in [6.07, 6.45) is 1.55. The van der Waals surface area contributed by atoms with E-state index in [2.05, 4.69) is 12.2 Å². The fourth-order valence-electron chi connectivity index (χ4n) is 2.43. The SMILES string of the molecule is CCCCOc1ccc(NC(=O)C(C)Oc2c(C)cccc2C)cc1. The van der Waals surface area contributed by atoms with Crippen LogP contribution >= 0.6 is 0 Å². The summed E-state index contributed by atoms with van der Waals surface area (Å²) in [6, 6.07) is 13.3. The minimum absolute atomic E-state index is 0.178. The minimum Gasteiger partial charge on any atom is -0.494 e. The van der Waals surface area contributed by atoms with Gasteiger partial charge in [0.05, 0.1) is 6.61 Å². The summed E-state index contributed by atoms with van der Waals surface area (Å²) in [4.78, 5) is 12.4. The van der Waals surface area contributed by atoms with Gasteiger partial charge in [-0.15, -0.1) is 0 Å². The molecule has 0 radical (unpaired) electrons. The third-order valence-corrected chi connectivity index (χ3v) is 3.96. The molecule has 1 N–H and O–H groups in total. The molecule has 134 valence electrons. The van der Waals surface area contributed by atoms with Gasteiger partial charge in [-0.1, -0.05) is 31.5 Å². The van der Waals surface area contributed by atoms with Crippen molar-refractivity contribution in [3.63, 3.8) is 0 Å². The lowest BCUT2D eigenvalue weighted by molar-refractivity contribution is -0.122. The summed E-state index contributed by atoms with van der Waals surface area (Å²) in [5.41, 5.74) is 2.77. The van der Waals surface area contributed by atoms with Gasteiger partial charge in [0.25, 0.3) is 5.91 Å². The molecule has 1 amide bonds. The van der Waals surface area contributed by atoms with Crippen LogP contribution in [0.5, 0.6) is 11.5 Å². The topological polar surface area (TPSA) is 47.6 Å². The summed E-state index contributed by atoms with van der Waals surface area (Å²) >= 11 is 0. The molecule has 0 saturated carbocycles. The Morgan fingerprint density at radius 2 is 1.72 bits per heavy atom. The predicted octanol–water partition coefficient (Wildman–Crippen LogP) is 4.89. The number of hydrogen-bond acceptors (Lipinski definition) is 3. The number of hydrogen-bond donors (Lipinski definition) is 1. The number of amides is 1. The van der Waals surface area contributed by atoms with E-state index in [-0.39, 0.29) is 5.91 Å². The Hall–Kier alpha value is -2.49. The molecule has 0 fully saturated rings. The van der Waals surface area contributed by atoms with Crippen molar-refractivity contribution in [3.8, 4) is 11.5 Å². The fraction of sp³-hybridized carbons (Fsp3) is 0.381. The lowest BCUT2D eigenvalue weighted by Gasteiger charge is -2.18. The molecule has 0 bridgehead atoms. The van der Waals surface area contributed by atoms with E-state index < -0.39 is 6.10 Å². The third-order valence-electron chi connectivity index (χ3n) is 3.96. The summed E-state index contributed by atoms with van der Waals surface area (Å²) < 4.78 is 11.5. The van der Waals surface area contributed by atoms with Gasteiger partial charge in [-0.25, -0.2) is 0 Å². The van der Waals surface area contributed by atoms with Gasteiger partial charge in [0, 0.05) is 5.69 Å². The Morgan fingerprint density at radius 1 is 1.08 bits per heavy atom. The van der Waals surface area contributed by atoms with Gasteiger partial charge in [-0.05, 0) is 62.6 Å². The molecule has 0 aliphatic carbocycles. The van der Waals surface area contributed by atoms with Crippen molar-refractivity contribution in [3.05, 3.63) is 53.6 Å². The highest BCUT2D eigenvalue weighted by atomic mass is 16.5. The largest absolute Gasteiger partial charge is 0.494 e. The lowest BCUT2D eigenvalue weighted by atomic mass is 10.1. The average molecular weight is 341 g/mol. The first-order valence-corrected chi connectivity index (χ1v) is 8.78. The van der Waals surface area contributed by atoms with Gasteiger partial charge < -0.3 is 14.8 Å². The molecular formula is C21H27NO3. The number of nitrogens with one attached hydrogen (secondary N) is 1. The number of aryl methyl sites for hydroxylation is 2. The Morgan fingerprint density at radius 3 is 2.32 bits per heavy atom. The smallest absolute Gasteiger partial charge is 0.265 e. The van der Waals surface area contributed by atoms with Crippen molar-refractivity contribution in [2.45, 2.75) is 46.6 Å². The van der Waals surface area contributed by atoms with Crippen LogP contribution in [0.1, 0.15) is 37.8 Å². The van der Waals surface area contributed by atoms with Crippen LogP contribution in [-0.2, 0) is 4.79 Å². The molecule has 0 spiro atoms. The van der Waals surface area contributed by atoms with Gasteiger partial charge in [-0.3, -0.25) is 4.79 Å². The van der Waals surface area contributed by atoms with E-state index in [9.17, 15) is 4.79 Å². The molecular weight excluding hydrogens is 314 g/mol. The molecule has 0 aromatic heterocycles. The minimum atomic E-state index is -0.583. The first kappa shape index (κ1) is 18.8. The van der Waals surface area contributed by atoms with Gasteiger partial charge in [0.15, 0.2) is 6.10 Å². The van der Waals surface area contributed by atoms with Crippen molar-refractivity contribution < 1.29 is 14.3 Å². The average Bonchev–Trinajstić information content (AvgIpc) is 2.60. The second kappa shape index (κ2) is 9.11. The van der Waals surface area contributed by atoms with E-state index in [1.807, 2.05) is 56.3 Å². The van der Waals surface area contributed by atoms with Crippen LogP contribution in [-0.4, -0.2) is 18.6 Å². The van der Waals surface area contributed by atoms with Gasteiger partial charge in [0.2, 0.25) is 0 Å². The first-order chi connectivity index (χ1) is 12.0. The summed E-state index contributed by atoms with van der Waals surface area (Å²) in [5.74, 6) is 1.40. The van der Waals surface area contributed by atoms with Crippen molar-refractivity contribution >= 4 is 11.6 Å². The normalized spacial score (nSPS) is 11.7. The number of rotatable bonds is 8. The summed E-state index contributed by atoms with van der Waals surface area (Å²) in [7, 11) is 0. The van der Waals surface area contributed by atoms with E-state index in [0.717, 1.165) is 41.2 Å². The molecule has 2 aromatic carbocycles. The lowest BCUT2D eigenvalue weighted by Crippen LogP contribution is -2.30. The Balaban J connectivity index is 1.92. The molecule has 2 aromatic rings. The monoisotopic (exact) mass is 341 g/mol. The van der Waals surface area contributed by atoms with Crippen LogP contribution in [0.2, 0.25) is 0 Å². The second-order valence-electron chi connectivity index (χ2n) is 6.20. The van der Waals surface area contributed by atoms with Crippen LogP contribution in [0.4, 0.5) is 5.69 Å². The number of anilines is 1. The Bertz CT molecular complexity index is 675. The van der Waals surface area contributed by atoms with Crippen molar-refractivity contribution in [1.29, 1.82) is 0 Å². The second-order valence-corrected chi connectivity index (χ2v) is 6.20. The number of para-hydroxylation sites is 1. The highest BCUT2D eigenvalue weighted by Crippen LogP contribution is 2.24. The highest BCUT2D eigenvalue weighted by Gasteiger charge is 2.17. The maximum atomic E-state index is 12.4. The van der Waals surface area contributed by atoms with Gasteiger partial charge in [0.1, 0.15) is 11.5 Å². The van der Waals surface area contributed by atoms with Gasteiger partial charge in [-0.2, -0.15) is 0 Å². The standard InChI is InChI=1S/C21H27NO3/c1-5-6-14-24-19-12-10-18(11-13-19)22-21(23)17(4)25-20-15(2)8-7-9-16(20)3/h7-13,17H,5-6,14H2,1-4H3,(H,22,23). The number of unbranched alkanes of at least 4 members (excludes halogenated alkanes) is 1. The molecule has 0 heterocycles. The highest BCUT2D eigenvalue weighted by molar-refractivity contribution is 5.94. The van der Waals surface area contributed by atoms with Crippen LogP contribution in [0.25, 0.3) is 0 Å². The molecule has 0 aliphatic rings. The molecule has 4 nitrogen and oxygen atoms in total. The van der Waals surface area contributed by atoms with Crippen molar-refractivity contribution in [2.75, 3.05) is 11.9 Å². The molecule has 1 atom stereocenters. The fourth-order valence-corrected chi connectivity index (χ4v) is 2.43. The quantitative estimate of drug-likeness (QED) is 0.696. The Kier molecular flexibility index (Phi) is 6.87. The zero-order valence-corrected chi connectivity index (χ0v) is 15.5. The maximum absolute atomic E-state index is 12.4. The number of carbonyl (C=O) groups is 1. The van der Waals surface area contributed by atoms with E-state index >= 15 is 0 Å². The maximum Gasteiger partial charge on any atom is 0.265 e. The van der Waals surface area contributed by atoms with Crippen molar-refractivity contribution in [1.82, 2.24) is 0 Å². The molecule has 25 heavy (non-hydrogen) atoms. The zero-order valence-electron chi connectivity index (χ0n) is 15.5. The molecule has 2 rings (SSSR count). The molecule has 4 heteroatoms. The molecule has 0 aliphatic heterocycles. The number of ether oxygens (including phenoxy) is 2. The van der Waals surface area contributed by atoms with E-state index in [0.29, 0.717) is 6.61 Å². The van der Waals surface area contributed by atoms with E-state index in [1.54, 1.807) is 6.92 Å². The summed E-state index contributed by atoms with van der Waals surface area (Å²) in [6.45, 7) is 8.55. The van der Waals surface area contributed by atoms with Crippen LogP contribution in [0, 0.1) is 13.8 Å². The third kappa shape index (κ3) is 5.52. The molecule has 1 unspecified atom stereocenters. The number of benzene rings is 2. The Labute approximate surface area is 150 Å². The summed E-state index contributed by atoms with van der Waals surface area (Å²) in [5, 5.41) is 2.88. The van der Waals surface area contributed by atoms with Crippen LogP contribution in [0.3, 0.4) is 0 Å². The first-order valence-electron chi connectivity index (χ1n) is 8.78. The van der Waals surface area contributed by atoms with E-state index in [4.69, 9.17) is 9.47 Å². The van der Waals surface area contributed by atoms with Gasteiger partial charge >= 0.3 is 0 Å². The van der Waals surface area contributed by atoms with E-state index in [1.165, 1.54) is 0 Å². The van der Waals surface area contributed by atoms with Crippen LogP contribution < -0.4 is 14.8 Å². The predicted molar refractivity (Wildman–Crippen MR) is 101 cm³/mol.